The van der Waals surface area contributed by atoms with E-state index in [1.54, 1.807) is 49.2 Å². The van der Waals surface area contributed by atoms with E-state index in [1.165, 1.54) is 6.92 Å². The highest BCUT2D eigenvalue weighted by atomic mass is 32.2. The van der Waals surface area contributed by atoms with Crippen LogP contribution in [0.4, 0.5) is 5.69 Å². The Labute approximate surface area is 155 Å². The van der Waals surface area contributed by atoms with Gasteiger partial charge in [-0.3, -0.25) is 13.7 Å². The Morgan fingerprint density at radius 1 is 1.35 bits per heavy atom. The van der Waals surface area contributed by atoms with Gasteiger partial charge in [0, 0.05) is 29.9 Å². The lowest BCUT2D eigenvalue weighted by molar-refractivity contribution is -0.123. The van der Waals surface area contributed by atoms with Gasteiger partial charge in [-0.05, 0) is 38.5 Å². The number of benzene rings is 1. The smallest absolute Gasteiger partial charge is 0.338 e. The summed E-state index contributed by atoms with van der Waals surface area (Å²) < 4.78 is 18.3. The van der Waals surface area contributed by atoms with E-state index in [0.717, 1.165) is 11.3 Å². The Morgan fingerprint density at radius 3 is 2.62 bits per heavy atom. The number of hydrogen-bond donors (Lipinski definition) is 1. The lowest BCUT2D eigenvalue weighted by Crippen LogP contribution is -2.30. The fourth-order valence-corrected chi connectivity index (χ4v) is 3.13. The van der Waals surface area contributed by atoms with Crippen LogP contribution in [-0.2, 0) is 33.1 Å². The third kappa shape index (κ3) is 4.78. The summed E-state index contributed by atoms with van der Waals surface area (Å²) in [6.45, 7) is 5.15. The first kappa shape index (κ1) is 19.8. The minimum atomic E-state index is -1.01. The van der Waals surface area contributed by atoms with E-state index >= 15 is 0 Å². The number of amides is 1. The van der Waals surface area contributed by atoms with Crippen molar-refractivity contribution >= 4 is 28.4 Å². The molecule has 0 aliphatic heterocycles. The van der Waals surface area contributed by atoms with Crippen LogP contribution in [0.5, 0.6) is 0 Å². The van der Waals surface area contributed by atoms with Crippen molar-refractivity contribution in [3.05, 3.63) is 46.8 Å². The molecule has 1 aromatic carbocycles. The summed E-state index contributed by atoms with van der Waals surface area (Å²) in [5.41, 5.74) is 3.22. The molecule has 0 aliphatic rings. The molecule has 2 atom stereocenters. The van der Waals surface area contributed by atoms with Gasteiger partial charge in [-0.1, -0.05) is 12.1 Å². The summed E-state index contributed by atoms with van der Waals surface area (Å²) in [6, 6.07) is 6.72. The first-order valence-electron chi connectivity index (χ1n) is 8.10. The van der Waals surface area contributed by atoms with E-state index in [9.17, 15) is 13.8 Å². The Hall–Kier alpha value is -2.48. The van der Waals surface area contributed by atoms with Crippen LogP contribution in [0.15, 0.2) is 24.3 Å². The molecule has 0 saturated heterocycles. The van der Waals surface area contributed by atoms with Crippen LogP contribution in [0.25, 0.3) is 0 Å². The molecule has 0 unspecified atom stereocenters. The molecule has 2 rings (SSSR count). The number of rotatable bonds is 6. The zero-order valence-electron chi connectivity index (χ0n) is 15.5. The maximum atomic E-state index is 12.3. The van der Waals surface area contributed by atoms with Gasteiger partial charge in [0.05, 0.1) is 22.6 Å². The predicted octanol–water partition coefficient (Wildman–Crippen LogP) is 2.10. The van der Waals surface area contributed by atoms with Crippen LogP contribution in [0.3, 0.4) is 0 Å². The lowest BCUT2D eigenvalue weighted by atomic mass is 10.1. The number of anilines is 1. The second kappa shape index (κ2) is 8.27. The van der Waals surface area contributed by atoms with Gasteiger partial charge < -0.3 is 10.1 Å². The van der Waals surface area contributed by atoms with E-state index in [1.807, 2.05) is 6.92 Å². The van der Waals surface area contributed by atoms with Gasteiger partial charge in [0.25, 0.3) is 5.91 Å². The Balaban J connectivity index is 2.04. The molecule has 0 fully saturated rings. The molecule has 1 heterocycles. The standard InChI is InChI=1S/C18H23N3O4S/c1-11-16(12(2)21(4)20-11)19-17(22)13(3)25-18(23)15-8-6-7-14(9-15)10-26(5)24/h6-9,13H,10H2,1-5H3,(H,19,22)/t13-,26+/m0/s1. The van der Waals surface area contributed by atoms with Crippen molar-refractivity contribution in [3.63, 3.8) is 0 Å². The molecule has 0 saturated carbocycles. The highest BCUT2D eigenvalue weighted by Gasteiger charge is 2.21. The zero-order valence-corrected chi connectivity index (χ0v) is 16.3. The van der Waals surface area contributed by atoms with Crippen molar-refractivity contribution in [2.24, 2.45) is 7.05 Å². The van der Waals surface area contributed by atoms with Gasteiger partial charge in [-0.15, -0.1) is 0 Å². The molecule has 1 N–H and O–H groups in total. The summed E-state index contributed by atoms with van der Waals surface area (Å²) in [4.78, 5) is 24.6. The molecule has 1 amide bonds. The fraction of sp³-hybridized carbons (Fsp3) is 0.389. The number of hydrogen-bond acceptors (Lipinski definition) is 5. The minimum Gasteiger partial charge on any atom is -0.449 e. The van der Waals surface area contributed by atoms with Crippen LogP contribution in [0.2, 0.25) is 0 Å². The second-order valence-electron chi connectivity index (χ2n) is 6.12. The predicted molar refractivity (Wildman–Crippen MR) is 100 cm³/mol. The van der Waals surface area contributed by atoms with Gasteiger partial charge in [0.15, 0.2) is 6.10 Å². The normalized spacial score (nSPS) is 13.1. The Bertz CT molecular complexity index is 860. The molecule has 0 bridgehead atoms. The lowest BCUT2D eigenvalue weighted by Gasteiger charge is -2.14. The largest absolute Gasteiger partial charge is 0.449 e. The number of aryl methyl sites for hydroxylation is 2. The van der Waals surface area contributed by atoms with Crippen molar-refractivity contribution in [1.82, 2.24) is 9.78 Å². The van der Waals surface area contributed by atoms with E-state index in [0.29, 0.717) is 22.7 Å². The molecule has 0 aliphatic carbocycles. The van der Waals surface area contributed by atoms with Crippen LogP contribution in [0.1, 0.15) is 34.2 Å². The van der Waals surface area contributed by atoms with Crippen LogP contribution < -0.4 is 5.32 Å². The molecule has 7 nitrogen and oxygen atoms in total. The minimum absolute atomic E-state index is 0.321. The summed E-state index contributed by atoms with van der Waals surface area (Å²) in [5, 5.41) is 6.99. The molecule has 26 heavy (non-hydrogen) atoms. The van der Waals surface area contributed by atoms with Gasteiger partial charge in [-0.25, -0.2) is 4.79 Å². The number of carbonyl (C=O) groups is 2. The van der Waals surface area contributed by atoms with Crippen LogP contribution >= 0.6 is 0 Å². The highest BCUT2D eigenvalue weighted by molar-refractivity contribution is 7.83. The van der Waals surface area contributed by atoms with Crippen molar-refractivity contribution in [2.75, 3.05) is 11.6 Å². The van der Waals surface area contributed by atoms with E-state index in [2.05, 4.69) is 10.4 Å². The molecule has 0 radical (unpaired) electrons. The molecule has 0 spiro atoms. The average Bonchev–Trinajstić information content (AvgIpc) is 2.80. The fourth-order valence-electron chi connectivity index (χ4n) is 2.48. The molecule has 2 aromatic rings. The molecule has 8 heteroatoms. The highest BCUT2D eigenvalue weighted by Crippen LogP contribution is 2.19. The van der Waals surface area contributed by atoms with Crippen molar-refractivity contribution < 1.29 is 18.5 Å². The number of esters is 1. The monoisotopic (exact) mass is 377 g/mol. The van der Waals surface area contributed by atoms with Crippen molar-refractivity contribution in [1.29, 1.82) is 0 Å². The van der Waals surface area contributed by atoms with E-state index in [4.69, 9.17) is 4.74 Å². The average molecular weight is 377 g/mol. The molecule has 140 valence electrons. The van der Waals surface area contributed by atoms with Crippen molar-refractivity contribution in [3.8, 4) is 0 Å². The summed E-state index contributed by atoms with van der Waals surface area (Å²) in [5.74, 6) is -0.670. The van der Waals surface area contributed by atoms with E-state index < -0.39 is 28.8 Å². The zero-order chi connectivity index (χ0) is 19.4. The number of carbonyl (C=O) groups excluding carboxylic acids is 2. The SMILES string of the molecule is Cc1nn(C)c(C)c1NC(=O)[C@H](C)OC(=O)c1cccc(C[S@@](C)=O)c1. The third-order valence-electron chi connectivity index (χ3n) is 3.94. The summed E-state index contributed by atoms with van der Waals surface area (Å²) >= 11 is 0. The van der Waals surface area contributed by atoms with E-state index in [-0.39, 0.29) is 0 Å². The van der Waals surface area contributed by atoms with Gasteiger partial charge in [0.1, 0.15) is 0 Å². The Morgan fingerprint density at radius 2 is 2.04 bits per heavy atom. The number of nitrogens with zero attached hydrogens (tertiary/aromatic N) is 2. The quantitative estimate of drug-likeness (QED) is 0.779. The van der Waals surface area contributed by atoms with Crippen LogP contribution in [0, 0.1) is 13.8 Å². The summed E-state index contributed by atoms with van der Waals surface area (Å²) in [6.07, 6.45) is 0.630. The maximum absolute atomic E-state index is 12.3. The first-order chi connectivity index (χ1) is 12.2. The van der Waals surface area contributed by atoms with Gasteiger partial charge in [-0.2, -0.15) is 5.10 Å². The molecule has 1 aromatic heterocycles. The topological polar surface area (TPSA) is 90.3 Å². The number of nitrogens with one attached hydrogen (secondary N) is 1. The maximum Gasteiger partial charge on any atom is 0.338 e. The van der Waals surface area contributed by atoms with Crippen molar-refractivity contribution in [2.45, 2.75) is 32.6 Å². The number of aromatic nitrogens is 2. The third-order valence-corrected chi connectivity index (χ3v) is 4.68. The second-order valence-corrected chi connectivity index (χ2v) is 7.56. The van der Waals surface area contributed by atoms with Crippen LogP contribution in [-0.4, -0.2) is 38.2 Å². The Kier molecular flexibility index (Phi) is 6.31. The molecular formula is C18H23N3O4S. The number of ether oxygens (including phenoxy) is 1. The van der Waals surface area contributed by atoms with Gasteiger partial charge >= 0.3 is 5.97 Å². The first-order valence-corrected chi connectivity index (χ1v) is 9.82. The van der Waals surface area contributed by atoms with Gasteiger partial charge in [0.2, 0.25) is 0 Å². The molecular weight excluding hydrogens is 354 g/mol. The summed E-state index contributed by atoms with van der Waals surface area (Å²) in [7, 11) is 0.784.